The molecule has 0 aliphatic rings. The number of nitrogens with one attached hydrogen (secondary N) is 1. The number of carbonyl (C=O) groups is 2. The van der Waals surface area contributed by atoms with Crippen molar-refractivity contribution in [3.05, 3.63) is 22.7 Å². The predicted molar refractivity (Wildman–Crippen MR) is 79.2 cm³/mol. The molecule has 0 unspecified atom stereocenters. The molecule has 2 N–H and O–H groups in total. The Balaban J connectivity index is 2.73. The molecule has 6 nitrogen and oxygen atoms in total. The van der Waals surface area contributed by atoms with Crippen LogP contribution in [0.1, 0.15) is 13.3 Å². The van der Waals surface area contributed by atoms with Crippen LogP contribution < -0.4 is 10.1 Å². The monoisotopic (exact) mass is 344 g/mol. The second-order valence-electron chi connectivity index (χ2n) is 4.07. The zero-order valence-corrected chi connectivity index (χ0v) is 12.9. The summed E-state index contributed by atoms with van der Waals surface area (Å²) in [4.78, 5) is 23.7. The molecular formula is C13H17BrN2O4. The zero-order chi connectivity index (χ0) is 15.1. The van der Waals surface area contributed by atoms with Gasteiger partial charge in [0.2, 0.25) is 0 Å². The fraction of sp³-hybridized carbons (Fsp3) is 0.385. The minimum absolute atomic E-state index is 0.0965. The van der Waals surface area contributed by atoms with Gasteiger partial charge in [0.15, 0.2) is 0 Å². The lowest BCUT2D eigenvalue weighted by molar-refractivity contribution is -0.137. The molecule has 20 heavy (non-hydrogen) atoms. The Morgan fingerprint density at radius 2 is 2.15 bits per heavy atom. The molecule has 0 radical (unpaired) electrons. The maximum atomic E-state index is 11.9. The van der Waals surface area contributed by atoms with Crippen LogP contribution in [0.15, 0.2) is 22.7 Å². The molecule has 0 fully saturated rings. The fourth-order valence-electron chi connectivity index (χ4n) is 1.46. The van der Waals surface area contributed by atoms with Gasteiger partial charge in [0.1, 0.15) is 5.75 Å². The van der Waals surface area contributed by atoms with Crippen LogP contribution >= 0.6 is 15.9 Å². The minimum Gasteiger partial charge on any atom is -0.492 e. The first kappa shape index (κ1) is 16.3. The first-order valence-corrected chi connectivity index (χ1v) is 6.89. The Bertz CT molecular complexity index is 493. The molecule has 1 rings (SSSR count). The maximum Gasteiger partial charge on any atom is 0.321 e. The summed E-state index contributed by atoms with van der Waals surface area (Å²) in [7, 11) is 1.54. The highest BCUT2D eigenvalue weighted by atomic mass is 79.9. The fourth-order valence-corrected chi connectivity index (χ4v) is 1.82. The van der Waals surface area contributed by atoms with Crippen LogP contribution in [0.25, 0.3) is 0 Å². The van der Waals surface area contributed by atoms with Crippen molar-refractivity contribution in [1.29, 1.82) is 0 Å². The van der Waals surface area contributed by atoms with Crippen LogP contribution in [0.4, 0.5) is 10.5 Å². The normalized spacial score (nSPS) is 9.95. The van der Waals surface area contributed by atoms with Gasteiger partial charge in [-0.15, -0.1) is 0 Å². The quantitative estimate of drug-likeness (QED) is 0.831. The summed E-state index contributed by atoms with van der Waals surface area (Å²) in [6.45, 7) is 2.48. The van der Waals surface area contributed by atoms with Gasteiger partial charge < -0.3 is 20.1 Å². The van der Waals surface area contributed by atoms with Crippen molar-refractivity contribution in [2.75, 3.05) is 25.5 Å². The van der Waals surface area contributed by atoms with Crippen molar-refractivity contribution in [1.82, 2.24) is 4.90 Å². The topological polar surface area (TPSA) is 78.9 Å². The van der Waals surface area contributed by atoms with Gasteiger partial charge in [-0.05, 0) is 25.1 Å². The third-order valence-electron chi connectivity index (χ3n) is 2.49. The number of anilines is 1. The number of ether oxygens (including phenoxy) is 1. The molecule has 7 heteroatoms. The number of carbonyl (C=O) groups excluding carboxylic acids is 1. The number of benzene rings is 1. The lowest BCUT2D eigenvalue weighted by atomic mass is 10.3. The molecule has 0 heterocycles. The lowest BCUT2D eigenvalue weighted by Gasteiger charge is -2.18. The molecule has 2 amide bonds. The number of urea groups is 1. The van der Waals surface area contributed by atoms with E-state index >= 15 is 0 Å². The van der Waals surface area contributed by atoms with Crippen molar-refractivity contribution in [2.45, 2.75) is 13.3 Å². The molecule has 0 aliphatic carbocycles. The number of carboxylic acid groups (broad SMARTS) is 1. The highest BCUT2D eigenvalue weighted by molar-refractivity contribution is 9.10. The van der Waals surface area contributed by atoms with Gasteiger partial charge >= 0.3 is 12.0 Å². The Morgan fingerprint density at radius 3 is 2.75 bits per heavy atom. The first-order chi connectivity index (χ1) is 9.43. The summed E-state index contributed by atoms with van der Waals surface area (Å²) in [6.07, 6.45) is -0.0965. The van der Waals surface area contributed by atoms with Crippen LogP contribution in [0.5, 0.6) is 5.75 Å². The van der Waals surface area contributed by atoms with E-state index in [2.05, 4.69) is 21.2 Å². The SMILES string of the molecule is CCOc1ccc(Br)cc1NC(=O)N(C)CCC(=O)O. The maximum absolute atomic E-state index is 11.9. The first-order valence-electron chi connectivity index (χ1n) is 6.10. The van der Waals surface area contributed by atoms with Gasteiger partial charge in [0, 0.05) is 18.1 Å². The average molecular weight is 345 g/mol. The summed E-state index contributed by atoms with van der Waals surface area (Å²) in [5, 5.41) is 11.3. The molecule has 0 aromatic heterocycles. The van der Waals surface area contributed by atoms with E-state index in [4.69, 9.17) is 9.84 Å². The van der Waals surface area contributed by atoms with Gasteiger partial charge in [-0.25, -0.2) is 4.79 Å². The zero-order valence-electron chi connectivity index (χ0n) is 11.4. The summed E-state index contributed by atoms with van der Waals surface area (Å²) in [5.74, 6) is -0.377. The van der Waals surface area contributed by atoms with E-state index < -0.39 is 5.97 Å². The van der Waals surface area contributed by atoms with Gasteiger partial charge in [-0.1, -0.05) is 15.9 Å². The molecule has 0 saturated heterocycles. The summed E-state index contributed by atoms with van der Waals surface area (Å²) in [5.41, 5.74) is 0.536. The van der Waals surface area contributed by atoms with E-state index in [1.54, 1.807) is 12.1 Å². The highest BCUT2D eigenvalue weighted by Gasteiger charge is 2.13. The minimum atomic E-state index is -0.942. The number of carboxylic acids is 1. The summed E-state index contributed by atoms with van der Waals surface area (Å²) in [6, 6.07) is 4.91. The smallest absolute Gasteiger partial charge is 0.321 e. The van der Waals surface area contributed by atoms with E-state index in [9.17, 15) is 9.59 Å². The second kappa shape index (κ2) is 7.74. The molecule has 1 aromatic rings. The highest BCUT2D eigenvalue weighted by Crippen LogP contribution is 2.28. The Hall–Kier alpha value is -1.76. The van der Waals surface area contributed by atoms with E-state index in [-0.39, 0.29) is 19.0 Å². The number of rotatable bonds is 6. The van der Waals surface area contributed by atoms with Gasteiger partial charge in [0.25, 0.3) is 0 Å². The van der Waals surface area contributed by atoms with Crippen LogP contribution in [-0.2, 0) is 4.79 Å². The molecular weight excluding hydrogens is 328 g/mol. The van der Waals surface area contributed by atoms with Crippen LogP contribution in [0.3, 0.4) is 0 Å². The number of amides is 2. The number of nitrogens with zero attached hydrogens (tertiary/aromatic N) is 1. The standard InChI is InChI=1S/C13H17BrN2O4/c1-3-20-11-5-4-9(14)8-10(11)15-13(19)16(2)7-6-12(17)18/h4-5,8H,3,6-7H2,1-2H3,(H,15,19)(H,17,18). The van der Waals surface area contributed by atoms with E-state index in [0.717, 1.165) is 4.47 Å². The van der Waals surface area contributed by atoms with Crippen LogP contribution in [-0.4, -0.2) is 42.2 Å². The largest absolute Gasteiger partial charge is 0.492 e. The predicted octanol–water partition coefficient (Wildman–Crippen LogP) is 2.79. The van der Waals surface area contributed by atoms with Crippen molar-refractivity contribution in [3.63, 3.8) is 0 Å². The number of hydrogen-bond donors (Lipinski definition) is 2. The molecule has 110 valence electrons. The van der Waals surface area contributed by atoms with Gasteiger partial charge in [0.05, 0.1) is 18.7 Å². The number of aliphatic carboxylic acids is 1. The molecule has 0 aliphatic heterocycles. The molecule has 0 saturated carbocycles. The van der Waals surface area contributed by atoms with Gasteiger partial charge in [-0.3, -0.25) is 4.79 Å². The Morgan fingerprint density at radius 1 is 1.45 bits per heavy atom. The Labute approximate surface area is 125 Å². The molecule has 0 spiro atoms. The lowest BCUT2D eigenvalue weighted by Crippen LogP contribution is -2.33. The Kier molecular flexibility index (Phi) is 6.30. The number of hydrogen-bond acceptors (Lipinski definition) is 3. The van der Waals surface area contributed by atoms with Crippen molar-refractivity contribution >= 4 is 33.6 Å². The van der Waals surface area contributed by atoms with Crippen LogP contribution in [0, 0.1) is 0 Å². The summed E-state index contributed by atoms with van der Waals surface area (Å²) < 4.78 is 6.23. The molecule has 1 aromatic carbocycles. The van der Waals surface area contributed by atoms with Crippen molar-refractivity contribution in [2.24, 2.45) is 0 Å². The van der Waals surface area contributed by atoms with Crippen LogP contribution in [0.2, 0.25) is 0 Å². The van der Waals surface area contributed by atoms with Gasteiger partial charge in [-0.2, -0.15) is 0 Å². The second-order valence-corrected chi connectivity index (χ2v) is 4.98. The third-order valence-corrected chi connectivity index (χ3v) is 2.98. The molecule has 0 atom stereocenters. The van der Waals surface area contributed by atoms with E-state index in [0.29, 0.717) is 18.0 Å². The van der Waals surface area contributed by atoms with E-state index in [1.165, 1.54) is 11.9 Å². The third kappa shape index (κ3) is 5.08. The molecule has 0 bridgehead atoms. The van der Waals surface area contributed by atoms with E-state index in [1.807, 2.05) is 13.0 Å². The van der Waals surface area contributed by atoms with Crippen molar-refractivity contribution < 1.29 is 19.4 Å². The van der Waals surface area contributed by atoms with Crippen molar-refractivity contribution in [3.8, 4) is 5.75 Å². The average Bonchev–Trinajstić information content (AvgIpc) is 2.39. The number of halogens is 1. The summed E-state index contributed by atoms with van der Waals surface area (Å²) >= 11 is 3.33.